The second-order valence-electron chi connectivity index (χ2n) is 3.52. The van der Waals surface area contributed by atoms with Crippen molar-refractivity contribution < 1.29 is 5.11 Å². The third-order valence-corrected chi connectivity index (χ3v) is 4.43. The van der Waals surface area contributed by atoms with Crippen molar-refractivity contribution >= 4 is 23.5 Å². The fourth-order valence-corrected chi connectivity index (χ4v) is 2.87. The van der Waals surface area contributed by atoms with Gasteiger partial charge in [0.15, 0.2) is 0 Å². The normalized spacial score (nSPS) is 12.6. The van der Waals surface area contributed by atoms with Crippen LogP contribution in [0, 0.1) is 0 Å². The van der Waals surface area contributed by atoms with E-state index < -0.39 is 0 Å². The van der Waals surface area contributed by atoms with Crippen LogP contribution < -0.4 is 5.32 Å². The molecule has 0 saturated heterocycles. The van der Waals surface area contributed by atoms with Gasteiger partial charge in [0, 0.05) is 23.4 Å². The molecule has 90 valence electrons. The van der Waals surface area contributed by atoms with Crippen molar-refractivity contribution in [1.29, 1.82) is 0 Å². The second kappa shape index (κ2) is 8.93. The topological polar surface area (TPSA) is 32.3 Å². The summed E-state index contributed by atoms with van der Waals surface area (Å²) < 4.78 is 0. The second-order valence-corrected chi connectivity index (χ2v) is 5.79. The van der Waals surface area contributed by atoms with Gasteiger partial charge >= 0.3 is 0 Å². The summed E-state index contributed by atoms with van der Waals surface area (Å²) in [6, 6.07) is 10.5. The van der Waals surface area contributed by atoms with Crippen molar-refractivity contribution in [3.8, 4) is 0 Å². The zero-order chi connectivity index (χ0) is 11.6. The first-order valence-corrected chi connectivity index (χ1v) is 7.86. The molecule has 16 heavy (non-hydrogen) atoms. The number of thioether (sulfide) groups is 2. The van der Waals surface area contributed by atoms with E-state index in [1.165, 1.54) is 5.56 Å². The van der Waals surface area contributed by atoms with Gasteiger partial charge in [0.25, 0.3) is 0 Å². The fraction of sp³-hybridized carbons (Fsp3) is 0.500. The maximum Gasteiger partial charge on any atom is 0.0592 e. The van der Waals surface area contributed by atoms with E-state index in [-0.39, 0.29) is 12.6 Å². The lowest BCUT2D eigenvalue weighted by atomic mass is 10.2. The average molecular weight is 257 g/mol. The van der Waals surface area contributed by atoms with Gasteiger partial charge in [-0.1, -0.05) is 30.3 Å². The van der Waals surface area contributed by atoms with Crippen LogP contribution in [0.15, 0.2) is 30.3 Å². The molecule has 1 atom stereocenters. The summed E-state index contributed by atoms with van der Waals surface area (Å²) in [5, 5.41) is 13.7. The molecule has 0 saturated carbocycles. The summed E-state index contributed by atoms with van der Waals surface area (Å²) in [5.41, 5.74) is 1.26. The minimum absolute atomic E-state index is 0.192. The molecule has 2 N–H and O–H groups in total. The van der Waals surface area contributed by atoms with Crippen LogP contribution in [-0.2, 0) is 6.54 Å². The molecular formula is C12H19NOS2. The molecule has 0 aliphatic heterocycles. The van der Waals surface area contributed by atoms with Gasteiger partial charge in [0.1, 0.15) is 0 Å². The minimum Gasteiger partial charge on any atom is -0.395 e. The van der Waals surface area contributed by atoms with Crippen molar-refractivity contribution in [2.24, 2.45) is 0 Å². The van der Waals surface area contributed by atoms with Gasteiger partial charge in [-0.15, -0.1) is 11.8 Å². The van der Waals surface area contributed by atoms with E-state index in [9.17, 15) is 5.11 Å². The average Bonchev–Trinajstić information content (AvgIpc) is 2.35. The highest BCUT2D eigenvalue weighted by atomic mass is 32.2. The molecule has 0 bridgehead atoms. The van der Waals surface area contributed by atoms with Crippen molar-refractivity contribution in [3.63, 3.8) is 0 Å². The van der Waals surface area contributed by atoms with E-state index in [1.54, 1.807) is 0 Å². The van der Waals surface area contributed by atoms with Crippen molar-refractivity contribution in [3.05, 3.63) is 35.9 Å². The van der Waals surface area contributed by atoms with E-state index in [1.807, 2.05) is 41.7 Å². The summed E-state index contributed by atoms with van der Waals surface area (Å²) >= 11 is 3.68. The lowest BCUT2D eigenvalue weighted by molar-refractivity contribution is 0.253. The minimum atomic E-state index is 0.192. The van der Waals surface area contributed by atoms with Gasteiger partial charge in [-0.05, 0) is 11.8 Å². The number of benzene rings is 1. The molecule has 2 nitrogen and oxygen atoms in total. The van der Waals surface area contributed by atoms with Crippen LogP contribution in [0.1, 0.15) is 5.56 Å². The molecule has 1 aromatic carbocycles. The molecule has 0 aliphatic rings. The number of hydrogen-bond acceptors (Lipinski definition) is 4. The quantitative estimate of drug-likeness (QED) is 0.552. The fourth-order valence-electron chi connectivity index (χ4n) is 1.31. The van der Waals surface area contributed by atoms with Crippen LogP contribution in [0.3, 0.4) is 0 Å². The summed E-state index contributed by atoms with van der Waals surface area (Å²) in [6.45, 7) is 1.03. The van der Waals surface area contributed by atoms with E-state index in [2.05, 4.69) is 23.7 Å². The molecule has 4 heteroatoms. The zero-order valence-electron chi connectivity index (χ0n) is 9.56. The number of aliphatic hydroxyl groups is 1. The Morgan fingerprint density at radius 1 is 1.31 bits per heavy atom. The predicted molar refractivity (Wildman–Crippen MR) is 75.0 cm³/mol. The molecule has 1 rings (SSSR count). The van der Waals surface area contributed by atoms with Crippen LogP contribution in [0.2, 0.25) is 0 Å². The molecule has 0 unspecified atom stereocenters. The van der Waals surface area contributed by atoms with Gasteiger partial charge in [0.2, 0.25) is 0 Å². The third kappa shape index (κ3) is 5.80. The van der Waals surface area contributed by atoms with E-state index in [0.717, 1.165) is 17.4 Å². The molecule has 0 amide bonds. The van der Waals surface area contributed by atoms with Gasteiger partial charge in [0.05, 0.1) is 6.61 Å². The molecule has 0 fully saturated rings. The van der Waals surface area contributed by atoms with E-state index in [0.29, 0.717) is 0 Å². The van der Waals surface area contributed by atoms with Crippen LogP contribution in [0.25, 0.3) is 0 Å². The van der Waals surface area contributed by atoms with Crippen LogP contribution in [-0.4, -0.2) is 34.8 Å². The predicted octanol–water partition coefficient (Wildman–Crippen LogP) is 2.19. The number of nitrogens with one attached hydrogen (secondary N) is 1. The van der Waals surface area contributed by atoms with Gasteiger partial charge in [-0.3, -0.25) is 0 Å². The molecule has 0 aliphatic carbocycles. The van der Waals surface area contributed by atoms with Crippen molar-refractivity contribution in [2.75, 3.05) is 23.7 Å². The maximum atomic E-state index is 9.22. The van der Waals surface area contributed by atoms with Gasteiger partial charge in [-0.2, -0.15) is 11.8 Å². The first-order chi connectivity index (χ1) is 7.86. The number of hydrogen-bond donors (Lipinski definition) is 2. The highest BCUT2D eigenvalue weighted by Gasteiger charge is 2.06. The monoisotopic (exact) mass is 257 g/mol. The number of aliphatic hydroxyl groups excluding tert-OH is 1. The van der Waals surface area contributed by atoms with Gasteiger partial charge in [-0.25, -0.2) is 0 Å². The van der Waals surface area contributed by atoms with E-state index in [4.69, 9.17) is 0 Å². The lowest BCUT2D eigenvalue weighted by Gasteiger charge is -2.15. The molecule has 0 heterocycles. The molecule has 0 spiro atoms. The zero-order valence-corrected chi connectivity index (χ0v) is 11.2. The standard InChI is InChI=1S/C12H19NOS2/c1-15-10-16-9-12(8-14)13-7-11-5-3-2-4-6-11/h2-6,12-14H,7-10H2,1H3/t12-/m1/s1. The Kier molecular flexibility index (Phi) is 7.76. The Bertz CT molecular complexity index is 269. The van der Waals surface area contributed by atoms with Gasteiger partial charge < -0.3 is 10.4 Å². The van der Waals surface area contributed by atoms with Crippen LogP contribution in [0.4, 0.5) is 0 Å². The third-order valence-electron chi connectivity index (χ3n) is 2.18. The largest absolute Gasteiger partial charge is 0.395 e. The summed E-state index contributed by atoms with van der Waals surface area (Å²) in [6.07, 6.45) is 2.10. The maximum absolute atomic E-state index is 9.22. The molecule has 0 aromatic heterocycles. The van der Waals surface area contributed by atoms with E-state index >= 15 is 0 Å². The molecule has 0 radical (unpaired) electrons. The number of rotatable bonds is 8. The van der Waals surface area contributed by atoms with Crippen molar-refractivity contribution in [2.45, 2.75) is 12.6 Å². The summed E-state index contributed by atoms with van der Waals surface area (Å²) in [7, 11) is 0. The Morgan fingerprint density at radius 3 is 2.69 bits per heavy atom. The smallest absolute Gasteiger partial charge is 0.0592 e. The highest BCUT2D eigenvalue weighted by Crippen LogP contribution is 2.10. The Labute approximate surface area is 106 Å². The summed E-state index contributed by atoms with van der Waals surface area (Å²) in [5.74, 6) is 0.962. The Balaban J connectivity index is 2.23. The SMILES string of the molecule is CSCSC[C@@H](CO)NCc1ccccc1. The molecule has 1 aromatic rings. The Hall–Kier alpha value is -0.160. The Morgan fingerprint density at radius 2 is 2.06 bits per heavy atom. The summed E-state index contributed by atoms with van der Waals surface area (Å²) in [4.78, 5) is 0. The van der Waals surface area contributed by atoms with Crippen molar-refractivity contribution in [1.82, 2.24) is 5.32 Å². The lowest BCUT2D eigenvalue weighted by Crippen LogP contribution is -2.34. The van der Waals surface area contributed by atoms with Crippen LogP contribution >= 0.6 is 23.5 Å². The molecular weight excluding hydrogens is 238 g/mol. The highest BCUT2D eigenvalue weighted by molar-refractivity contribution is 8.15. The first-order valence-electron chi connectivity index (χ1n) is 5.31. The van der Waals surface area contributed by atoms with Crippen LogP contribution in [0.5, 0.6) is 0 Å². The first kappa shape index (κ1) is 13.9.